The lowest BCUT2D eigenvalue weighted by atomic mass is 10.1. The van der Waals surface area contributed by atoms with Gasteiger partial charge in [-0.15, -0.1) is 0 Å². The Morgan fingerprint density at radius 3 is 2.94 bits per heavy atom. The number of nitrogens with one attached hydrogen (secondary N) is 1. The summed E-state index contributed by atoms with van der Waals surface area (Å²) in [4.78, 5) is 4.32. The molecule has 86 valence electrons. The maximum Gasteiger partial charge on any atom is 0.160 e. The molecule has 1 aromatic carbocycles. The highest BCUT2D eigenvalue weighted by molar-refractivity contribution is 9.10. The molecule has 0 aliphatic rings. The van der Waals surface area contributed by atoms with E-state index in [-0.39, 0.29) is 0 Å². The van der Waals surface area contributed by atoms with E-state index in [1.807, 2.05) is 29.8 Å². The van der Waals surface area contributed by atoms with Crippen molar-refractivity contribution in [3.8, 4) is 11.3 Å². The predicted molar refractivity (Wildman–Crippen MR) is 70.4 cm³/mol. The zero-order chi connectivity index (χ0) is 12.0. The average Bonchev–Trinajstić information content (AvgIpc) is 2.85. The number of nitrogens with zero attached hydrogens (tertiary/aromatic N) is 3. The molecule has 2 aromatic heterocycles. The predicted octanol–water partition coefficient (Wildman–Crippen LogP) is 2.31. The molecule has 0 spiro atoms. The van der Waals surface area contributed by atoms with E-state index < -0.39 is 0 Å². The molecule has 0 saturated carbocycles. The monoisotopic (exact) mass is 291 g/mol. The molecule has 0 atom stereocenters. The van der Waals surface area contributed by atoms with E-state index >= 15 is 0 Å². The van der Waals surface area contributed by atoms with E-state index in [2.05, 4.69) is 31.1 Å². The number of aryl methyl sites for hydroxylation is 1. The maximum atomic E-state index is 5.69. The van der Waals surface area contributed by atoms with Gasteiger partial charge in [0.1, 0.15) is 0 Å². The second-order valence-corrected chi connectivity index (χ2v) is 4.65. The average molecular weight is 292 g/mol. The number of hydrogen-bond acceptors (Lipinski definition) is 3. The van der Waals surface area contributed by atoms with Gasteiger partial charge in [-0.3, -0.25) is 5.10 Å². The Kier molecular flexibility index (Phi) is 2.19. The number of nitrogens with two attached hydrogens (primary N) is 1. The van der Waals surface area contributed by atoms with Crippen molar-refractivity contribution < 1.29 is 0 Å². The minimum absolute atomic E-state index is 0.459. The van der Waals surface area contributed by atoms with E-state index in [0.717, 1.165) is 26.8 Å². The van der Waals surface area contributed by atoms with Crippen molar-refractivity contribution in [2.75, 3.05) is 5.73 Å². The summed E-state index contributed by atoms with van der Waals surface area (Å²) >= 11 is 3.41. The van der Waals surface area contributed by atoms with Crippen LogP contribution in [0.1, 0.15) is 0 Å². The number of benzene rings is 1. The molecule has 3 N–H and O–H groups in total. The van der Waals surface area contributed by atoms with Crippen molar-refractivity contribution in [2.45, 2.75) is 0 Å². The minimum atomic E-state index is 0.459. The Balaban J connectivity index is 2.21. The maximum absolute atomic E-state index is 5.69. The first-order chi connectivity index (χ1) is 8.16. The number of aromatic amines is 1. The molecule has 0 radical (unpaired) electrons. The van der Waals surface area contributed by atoms with Crippen molar-refractivity contribution in [1.29, 1.82) is 0 Å². The molecule has 6 heteroatoms. The van der Waals surface area contributed by atoms with Crippen LogP contribution in [-0.2, 0) is 7.05 Å². The molecular weight excluding hydrogens is 282 g/mol. The molecule has 17 heavy (non-hydrogen) atoms. The number of H-pyrrole nitrogens is 1. The Morgan fingerprint density at radius 1 is 1.41 bits per heavy atom. The van der Waals surface area contributed by atoms with Gasteiger partial charge in [0.25, 0.3) is 0 Å². The normalized spacial score (nSPS) is 11.2. The Hall–Kier alpha value is -1.82. The van der Waals surface area contributed by atoms with E-state index in [0.29, 0.717) is 5.82 Å². The third-order valence-electron chi connectivity index (χ3n) is 2.75. The Labute approximate surface area is 106 Å². The largest absolute Gasteiger partial charge is 0.381 e. The molecule has 0 aliphatic carbocycles. The summed E-state index contributed by atoms with van der Waals surface area (Å²) in [5, 5.41) is 6.86. The summed E-state index contributed by atoms with van der Waals surface area (Å²) in [5.74, 6) is 0.459. The number of anilines is 1. The summed E-state index contributed by atoms with van der Waals surface area (Å²) in [6.45, 7) is 0. The third-order valence-corrected chi connectivity index (χ3v) is 3.55. The zero-order valence-corrected chi connectivity index (χ0v) is 10.7. The minimum Gasteiger partial charge on any atom is -0.381 e. The van der Waals surface area contributed by atoms with Gasteiger partial charge in [-0.1, -0.05) is 6.07 Å². The smallest absolute Gasteiger partial charge is 0.160 e. The van der Waals surface area contributed by atoms with Crippen molar-refractivity contribution >= 4 is 32.8 Å². The highest BCUT2D eigenvalue weighted by Crippen LogP contribution is 2.31. The number of imidazole rings is 1. The lowest BCUT2D eigenvalue weighted by Crippen LogP contribution is -1.85. The van der Waals surface area contributed by atoms with Crippen LogP contribution in [0.3, 0.4) is 0 Å². The molecule has 3 aromatic rings. The molecule has 0 aliphatic heterocycles. The molecule has 0 saturated heterocycles. The zero-order valence-electron chi connectivity index (χ0n) is 9.11. The molecule has 0 unspecified atom stereocenters. The van der Waals surface area contributed by atoms with E-state index in [1.54, 1.807) is 6.33 Å². The van der Waals surface area contributed by atoms with E-state index in [4.69, 9.17) is 5.73 Å². The third kappa shape index (κ3) is 1.52. The summed E-state index contributed by atoms with van der Waals surface area (Å²) in [6.07, 6.45) is 1.80. The number of rotatable bonds is 1. The number of halogens is 1. The lowest BCUT2D eigenvalue weighted by molar-refractivity contribution is 0.948. The van der Waals surface area contributed by atoms with Gasteiger partial charge in [0, 0.05) is 12.6 Å². The van der Waals surface area contributed by atoms with Crippen LogP contribution in [0, 0.1) is 0 Å². The van der Waals surface area contributed by atoms with Crippen molar-refractivity contribution in [1.82, 2.24) is 19.7 Å². The van der Waals surface area contributed by atoms with Crippen molar-refractivity contribution in [2.24, 2.45) is 7.05 Å². The molecule has 5 nitrogen and oxygen atoms in total. The summed E-state index contributed by atoms with van der Waals surface area (Å²) in [5.41, 5.74) is 9.61. The van der Waals surface area contributed by atoms with Gasteiger partial charge < -0.3 is 10.3 Å². The highest BCUT2D eigenvalue weighted by Gasteiger charge is 2.11. The number of hydrogen-bond donors (Lipinski definition) is 2. The lowest BCUT2D eigenvalue weighted by Gasteiger charge is -2.00. The first kappa shape index (κ1) is 10.3. The van der Waals surface area contributed by atoms with Crippen LogP contribution in [0.2, 0.25) is 0 Å². The molecular formula is C11H10BrN5. The van der Waals surface area contributed by atoms with Gasteiger partial charge in [0.15, 0.2) is 5.82 Å². The van der Waals surface area contributed by atoms with Crippen LogP contribution < -0.4 is 5.73 Å². The van der Waals surface area contributed by atoms with Gasteiger partial charge >= 0.3 is 0 Å². The summed E-state index contributed by atoms with van der Waals surface area (Å²) in [7, 11) is 1.97. The van der Waals surface area contributed by atoms with Crippen molar-refractivity contribution in [3.05, 3.63) is 29.0 Å². The van der Waals surface area contributed by atoms with Gasteiger partial charge in [-0.25, -0.2) is 4.98 Å². The Bertz CT molecular complexity index is 697. The van der Waals surface area contributed by atoms with Crippen LogP contribution in [0.15, 0.2) is 29.0 Å². The van der Waals surface area contributed by atoms with Gasteiger partial charge in [0.05, 0.1) is 27.5 Å². The number of fused-ring (bicyclic) bond motifs is 1. The SMILES string of the molecule is Cn1cnc2cc(-c3[nH]nc(N)c3Br)ccc21. The fourth-order valence-corrected chi connectivity index (χ4v) is 2.23. The van der Waals surface area contributed by atoms with Crippen LogP contribution >= 0.6 is 15.9 Å². The highest BCUT2D eigenvalue weighted by atomic mass is 79.9. The van der Waals surface area contributed by atoms with Gasteiger partial charge in [-0.2, -0.15) is 5.10 Å². The molecule has 3 rings (SSSR count). The fourth-order valence-electron chi connectivity index (χ4n) is 1.83. The van der Waals surface area contributed by atoms with Crippen LogP contribution in [-0.4, -0.2) is 19.7 Å². The van der Waals surface area contributed by atoms with Crippen molar-refractivity contribution in [3.63, 3.8) is 0 Å². The Morgan fingerprint density at radius 2 is 2.24 bits per heavy atom. The molecule has 0 bridgehead atoms. The van der Waals surface area contributed by atoms with Crippen LogP contribution in [0.5, 0.6) is 0 Å². The molecule has 0 fully saturated rings. The van der Waals surface area contributed by atoms with Gasteiger partial charge in [-0.05, 0) is 28.1 Å². The molecule has 0 amide bonds. The molecule has 2 heterocycles. The van der Waals surface area contributed by atoms with E-state index in [1.165, 1.54) is 0 Å². The van der Waals surface area contributed by atoms with Crippen LogP contribution in [0.4, 0.5) is 5.82 Å². The van der Waals surface area contributed by atoms with Gasteiger partial charge in [0.2, 0.25) is 0 Å². The van der Waals surface area contributed by atoms with E-state index in [9.17, 15) is 0 Å². The number of aromatic nitrogens is 4. The first-order valence-corrected chi connectivity index (χ1v) is 5.87. The van der Waals surface area contributed by atoms with Crippen LogP contribution in [0.25, 0.3) is 22.3 Å². The standard InChI is InChI=1S/C11H10BrN5/c1-17-5-14-7-4-6(2-3-8(7)17)10-9(12)11(13)16-15-10/h2-5H,1H3,(H3,13,15,16). The second kappa shape index (κ2) is 3.59. The topological polar surface area (TPSA) is 72.5 Å². The quantitative estimate of drug-likeness (QED) is 0.723. The summed E-state index contributed by atoms with van der Waals surface area (Å²) in [6, 6.07) is 6.05. The second-order valence-electron chi connectivity index (χ2n) is 3.86. The number of nitrogen functional groups attached to an aromatic ring is 1. The summed E-state index contributed by atoms with van der Waals surface area (Å²) < 4.78 is 2.77. The first-order valence-electron chi connectivity index (χ1n) is 5.07. The fraction of sp³-hybridized carbons (Fsp3) is 0.0909.